The number of rotatable bonds is 5. The molecule has 1 fully saturated rings. The number of halogens is 1. The van der Waals surface area contributed by atoms with Gasteiger partial charge in [0.2, 0.25) is 5.91 Å². The molecule has 0 bridgehead atoms. The molecule has 0 aromatic heterocycles. The Morgan fingerprint density at radius 2 is 1.88 bits per heavy atom. The third kappa shape index (κ3) is 4.68. The van der Waals surface area contributed by atoms with Crippen molar-refractivity contribution in [3.8, 4) is 0 Å². The Labute approximate surface area is 103 Å². The van der Waals surface area contributed by atoms with Gasteiger partial charge in [-0.15, -0.1) is 11.6 Å². The predicted octanol–water partition coefficient (Wildman–Crippen LogP) is 0.321. The first-order valence-electron chi connectivity index (χ1n) is 5.84. The minimum atomic E-state index is 0.197. The van der Waals surface area contributed by atoms with Gasteiger partial charge in [-0.1, -0.05) is 0 Å². The minimum Gasteiger partial charge on any atom is -0.340 e. The molecule has 1 aliphatic heterocycles. The molecule has 0 atom stereocenters. The molecule has 1 rings (SSSR count). The van der Waals surface area contributed by atoms with E-state index in [-0.39, 0.29) is 5.91 Å². The molecule has 0 unspecified atom stereocenters. The molecule has 0 radical (unpaired) electrons. The van der Waals surface area contributed by atoms with Crippen LogP contribution in [0.1, 0.15) is 6.42 Å². The van der Waals surface area contributed by atoms with Gasteiger partial charge in [0.25, 0.3) is 0 Å². The molecule has 0 aromatic carbocycles. The van der Waals surface area contributed by atoms with Crippen LogP contribution in [0.4, 0.5) is 0 Å². The highest BCUT2D eigenvalue weighted by molar-refractivity contribution is 6.18. The summed E-state index contributed by atoms with van der Waals surface area (Å²) >= 11 is 5.57. The lowest BCUT2D eigenvalue weighted by atomic mass is 10.3. The molecule has 1 saturated heterocycles. The number of piperazine rings is 1. The Bertz CT molecular complexity index is 215. The highest BCUT2D eigenvalue weighted by Crippen LogP contribution is 2.04. The minimum absolute atomic E-state index is 0.197. The summed E-state index contributed by atoms with van der Waals surface area (Å²) in [6, 6.07) is 0. The summed E-state index contributed by atoms with van der Waals surface area (Å²) in [4.78, 5) is 18.1. The first-order valence-corrected chi connectivity index (χ1v) is 6.37. The zero-order chi connectivity index (χ0) is 12.0. The van der Waals surface area contributed by atoms with Gasteiger partial charge in [0, 0.05) is 51.6 Å². The van der Waals surface area contributed by atoms with E-state index in [1.165, 1.54) is 0 Å². The van der Waals surface area contributed by atoms with Crippen molar-refractivity contribution in [2.45, 2.75) is 6.42 Å². The lowest BCUT2D eigenvalue weighted by Crippen LogP contribution is -2.50. The molecule has 94 valence electrons. The second-order valence-electron chi connectivity index (χ2n) is 4.46. The fourth-order valence-electron chi connectivity index (χ4n) is 1.80. The van der Waals surface area contributed by atoms with E-state index < -0.39 is 0 Å². The SMILES string of the molecule is CN(C)CCN1CCN(C(=O)CCCl)CC1. The first-order chi connectivity index (χ1) is 7.63. The lowest BCUT2D eigenvalue weighted by Gasteiger charge is -2.35. The second kappa shape index (κ2) is 7.09. The molecule has 4 nitrogen and oxygen atoms in total. The van der Waals surface area contributed by atoms with Crippen LogP contribution in [0.2, 0.25) is 0 Å². The first kappa shape index (κ1) is 13.7. The van der Waals surface area contributed by atoms with Crippen LogP contribution >= 0.6 is 11.6 Å². The smallest absolute Gasteiger partial charge is 0.223 e. The maximum absolute atomic E-state index is 11.6. The number of nitrogens with zero attached hydrogens (tertiary/aromatic N) is 3. The largest absolute Gasteiger partial charge is 0.340 e. The van der Waals surface area contributed by atoms with Crippen molar-refractivity contribution in [2.75, 3.05) is 59.2 Å². The Morgan fingerprint density at radius 3 is 2.38 bits per heavy atom. The zero-order valence-corrected chi connectivity index (χ0v) is 11.0. The van der Waals surface area contributed by atoms with Crippen LogP contribution in [0.5, 0.6) is 0 Å². The van der Waals surface area contributed by atoms with E-state index in [4.69, 9.17) is 11.6 Å². The van der Waals surface area contributed by atoms with E-state index in [1.54, 1.807) is 0 Å². The molecule has 1 heterocycles. The predicted molar refractivity (Wildman–Crippen MR) is 66.9 cm³/mol. The number of likely N-dealkylation sites (N-methyl/N-ethyl adjacent to an activating group) is 1. The van der Waals surface area contributed by atoms with Gasteiger partial charge >= 0.3 is 0 Å². The van der Waals surface area contributed by atoms with Crippen molar-refractivity contribution in [3.63, 3.8) is 0 Å². The monoisotopic (exact) mass is 247 g/mol. The Kier molecular flexibility index (Phi) is 6.09. The number of hydrogen-bond acceptors (Lipinski definition) is 3. The number of amides is 1. The van der Waals surface area contributed by atoms with Crippen LogP contribution in [0.3, 0.4) is 0 Å². The molecule has 0 saturated carbocycles. The van der Waals surface area contributed by atoms with Crippen LogP contribution in [0.25, 0.3) is 0 Å². The van der Waals surface area contributed by atoms with Crippen LogP contribution in [0, 0.1) is 0 Å². The quantitative estimate of drug-likeness (QED) is 0.655. The molecule has 0 aromatic rings. The van der Waals surface area contributed by atoms with Crippen LogP contribution < -0.4 is 0 Å². The standard InChI is InChI=1S/C11H22ClN3O/c1-13(2)5-6-14-7-9-15(10-8-14)11(16)3-4-12/h3-10H2,1-2H3. The second-order valence-corrected chi connectivity index (χ2v) is 4.84. The van der Waals surface area contributed by atoms with Crippen LogP contribution in [-0.2, 0) is 4.79 Å². The van der Waals surface area contributed by atoms with Crippen molar-refractivity contribution in [1.82, 2.24) is 14.7 Å². The summed E-state index contributed by atoms with van der Waals surface area (Å²) in [5.41, 5.74) is 0. The summed E-state index contributed by atoms with van der Waals surface area (Å²) in [6.45, 7) is 5.84. The Hall–Kier alpha value is -0.320. The molecule has 0 aliphatic carbocycles. The van der Waals surface area contributed by atoms with Crippen LogP contribution in [-0.4, -0.2) is 79.9 Å². The number of carbonyl (C=O) groups is 1. The summed E-state index contributed by atoms with van der Waals surface area (Å²) < 4.78 is 0. The molecule has 16 heavy (non-hydrogen) atoms. The summed E-state index contributed by atoms with van der Waals surface area (Å²) in [7, 11) is 4.17. The van der Waals surface area contributed by atoms with E-state index in [0.29, 0.717) is 12.3 Å². The van der Waals surface area contributed by atoms with Crippen molar-refractivity contribution in [1.29, 1.82) is 0 Å². The Morgan fingerprint density at radius 1 is 1.25 bits per heavy atom. The lowest BCUT2D eigenvalue weighted by molar-refractivity contribution is -0.132. The van der Waals surface area contributed by atoms with Crippen molar-refractivity contribution in [2.24, 2.45) is 0 Å². The summed E-state index contributed by atoms with van der Waals surface area (Å²) in [5.74, 6) is 0.627. The Balaban J connectivity index is 2.20. The van der Waals surface area contributed by atoms with Gasteiger partial charge < -0.3 is 9.80 Å². The zero-order valence-electron chi connectivity index (χ0n) is 10.3. The fourth-order valence-corrected chi connectivity index (χ4v) is 1.96. The maximum atomic E-state index is 11.6. The third-order valence-corrected chi connectivity index (χ3v) is 3.09. The molecule has 0 spiro atoms. The fraction of sp³-hybridized carbons (Fsp3) is 0.909. The highest BCUT2D eigenvalue weighted by Gasteiger charge is 2.19. The molecular formula is C11H22ClN3O. The number of hydrogen-bond donors (Lipinski definition) is 0. The molecule has 1 amide bonds. The van der Waals surface area contributed by atoms with Crippen molar-refractivity contribution >= 4 is 17.5 Å². The van der Waals surface area contributed by atoms with Gasteiger partial charge in [-0.2, -0.15) is 0 Å². The van der Waals surface area contributed by atoms with Gasteiger partial charge in [-0.3, -0.25) is 9.69 Å². The topological polar surface area (TPSA) is 26.8 Å². The average Bonchev–Trinajstić information content (AvgIpc) is 2.27. The van der Waals surface area contributed by atoms with Crippen molar-refractivity contribution in [3.05, 3.63) is 0 Å². The van der Waals surface area contributed by atoms with Crippen molar-refractivity contribution < 1.29 is 4.79 Å². The van der Waals surface area contributed by atoms with E-state index in [1.807, 2.05) is 4.90 Å². The van der Waals surface area contributed by atoms with Gasteiger partial charge in [-0.25, -0.2) is 0 Å². The van der Waals surface area contributed by atoms with E-state index in [2.05, 4.69) is 23.9 Å². The molecular weight excluding hydrogens is 226 g/mol. The van der Waals surface area contributed by atoms with E-state index >= 15 is 0 Å². The number of alkyl halides is 1. The number of carbonyl (C=O) groups excluding carboxylic acids is 1. The maximum Gasteiger partial charge on any atom is 0.223 e. The van der Waals surface area contributed by atoms with Gasteiger partial charge in [-0.05, 0) is 14.1 Å². The summed E-state index contributed by atoms with van der Waals surface area (Å²) in [6.07, 6.45) is 0.471. The molecule has 0 N–H and O–H groups in total. The van der Waals surface area contributed by atoms with E-state index in [9.17, 15) is 4.79 Å². The molecule has 5 heteroatoms. The van der Waals surface area contributed by atoms with E-state index in [0.717, 1.165) is 39.3 Å². The van der Waals surface area contributed by atoms with Gasteiger partial charge in [0.1, 0.15) is 0 Å². The summed E-state index contributed by atoms with van der Waals surface area (Å²) in [5, 5.41) is 0. The van der Waals surface area contributed by atoms with Gasteiger partial charge in [0.15, 0.2) is 0 Å². The van der Waals surface area contributed by atoms with Gasteiger partial charge in [0.05, 0.1) is 0 Å². The van der Waals surface area contributed by atoms with Crippen LogP contribution in [0.15, 0.2) is 0 Å². The molecule has 1 aliphatic rings. The highest BCUT2D eigenvalue weighted by atomic mass is 35.5. The normalized spacial score (nSPS) is 18.1. The third-order valence-electron chi connectivity index (χ3n) is 2.90. The average molecular weight is 248 g/mol.